The third-order valence-corrected chi connectivity index (χ3v) is 5.39. The van der Waals surface area contributed by atoms with Crippen LogP contribution in [-0.2, 0) is 11.3 Å². The lowest BCUT2D eigenvalue weighted by Gasteiger charge is -2.22. The second-order valence-corrected chi connectivity index (χ2v) is 7.92. The van der Waals surface area contributed by atoms with Gasteiger partial charge in [-0.25, -0.2) is 0 Å². The Bertz CT molecular complexity index is 860. The molecule has 160 valence electrons. The number of nitrogens with zero attached hydrogens (tertiary/aromatic N) is 2. The molecule has 0 aromatic heterocycles. The zero-order valence-electron chi connectivity index (χ0n) is 18.1. The van der Waals surface area contributed by atoms with Crippen LogP contribution in [-0.4, -0.2) is 61.4 Å². The summed E-state index contributed by atoms with van der Waals surface area (Å²) in [7, 11) is 1.67. The number of methoxy groups -OCH3 is 1. The molecule has 0 saturated carbocycles. The van der Waals surface area contributed by atoms with Crippen LogP contribution < -0.4 is 10.1 Å². The molecule has 6 heteroatoms. The van der Waals surface area contributed by atoms with Crippen molar-refractivity contribution >= 4 is 11.8 Å². The topological polar surface area (TPSA) is 61.9 Å². The summed E-state index contributed by atoms with van der Waals surface area (Å²) in [5, 5.41) is 2.78. The molecule has 1 heterocycles. The first kappa shape index (κ1) is 21.8. The van der Waals surface area contributed by atoms with Crippen LogP contribution in [0.15, 0.2) is 42.5 Å². The predicted octanol–water partition coefficient (Wildman–Crippen LogP) is 2.78. The molecule has 0 aliphatic carbocycles. The average molecular weight is 410 g/mol. The molecule has 30 heavy (non-hydrogen) atoms. The number of amides is 2. The van der Waals surface area contributed by atoms with Crippen molar-refractivity contribution in [2.75, 3.05) is 39.8 Å². The fraction of sp³-hybridized carbons (Fsp3) is 0.417. The lowest BCUT2D eigenvalue weighted by atomic mass is 10.1. The van der Waals surface area contributed by atoms with Gasteiger partial charge in [0.2, 0.25) is 5.91 Å². The molecule has 0 spiro atoms. The molecule has 2 aromatic carbocycles. The maximum atomic E-state index is 12.6. The summed E-state index contributed by atoms with van der Waals surface area (Å²) in [4.78, 5) is 29.3. The quantitative estimate of drug-likeness (QED) is 0.797. The number of carbonyl (C=O) groups is 2. The van der Waals surface area contributed by atoms with Crippen LogP contribution >= 0.6 is 0 Å². The van der Waals surface area contributed by atoms with Gasteiger partial charge in [-0.1, -0.05) is 29.3 Å². The minimum Gasteiger partial charge on any atom is -0.497 e. The number of hydrogen-bond acceptors (Lipinski definition) is 4. The molecule has 6 nitrogen and oxygen atoms in total. The first-order valence-electron chi connectivity index (χ1n) is 10.4. The number of hydrogen-bond donors (Lipinski definition) is 1. The zero-order chi connectivity index (χ0) is 21.5. The van der Waals surface area contributed by atoms with Gasteiger partial charge in [-0.3, -0.25) is 14.5 Å². The van der Waals surface area contributed by atoms with Gasteiger partial charge < -0.3 is 15.0 Å². The van der Waals surface area contributed by atoms with Crippen LogP contribution in [0.5, 0.6) is 5.75 Å². The average Bonchev–Trinajstić information content (AvgIpc) is 2.97. The normalized spacial score (nSPS) is 14.8. The largest absolute Gasteiger partial charge is 0.497 e. The van der Waals surface area contributed by atoms with E-state index >= 15 is 0 Å². The number of nitrogens with one attached hydrogen (secondary N) is 1. The predicted molar refractivity (Wildman–Crippen MR) is 118 cm³/mol. The Kier molecular flexibility index (Phi) is 7.46. The Balaban J connectivity index is 1.48. The van der Waals surface area contributed by atoms with Gasteiger partial charge >= 0.3 is 0 Å². The number of benzene rings is 2. The molecule has 2 amide bonds. The van der Waals surface area contributed by atoms with Gasteiger partial charge in [0.05, 0.1) is 13.7 Å². The molecule has 0 radical (unpaired) electrons. The minimum absolute atomic E-state index is 0.0287. The van der Waals surface area contributed by atoms with E-state index in [1.165, 1.54) is 5.56 Å². The summed E-state index contributed by atoms with van der Waals surface area (Å²) in [5.41, 5.74) is 3.91. The molecule has 0 atom stereocenters. The molecular formula is C24H31N3O3. The Morgan fingerprint density at radius 3 is 2.33 bits per heavy atom. The van der Waals surface area contributed by atoms with E-state index in [1.807, 2.05) is 49.1 Å². The third-order valence-electron chi connectivity index (χ3n) is 5.39. The summed E-state index contributed by atoms with van der Waals surface area (Å²) in [6, 6.07) is 13.8. The summed E-state index contributed by atoms with van der Waals surface area (Å²) < 4.78 is 5.21. The third kappa shape index (κ3) is 6.07. The molecule has 1 fully saturated rings. The van der Waals surface area contributed by atoms with E-state index < -0.39 is 0 Å². The molecule has 0 unspecified atom stereocenters. The van der Waals surface area contributed by atoms with Gasteiger partial charge in [-0.2, -0.15) is 0 Å². The Hall–Kier alpha value is -2.86. The SMILES string of the molecule is COc1ccc(CN2CCCN(C(=O)CNC(=O)c3cc(C)cc(C)c3)CC2)cc1. The van der Waals surface area contributed by atoms with E-state index in [4.69, 9.17) is 4.74 Å². The van der Waals surface area contributed by atoms with Crippen molar-refractivity contribution in [3.63, 3.8) is 0 Å². The van der Waals surface area contributed by atoms with Gasteiger partial charge in [0.1, 0.15) is 5.75 Å². The molecule has 1 N–H and O–H groups in total. The van der Waals surface area contributed by atoms with E-state index in [1.54, 1.807) is 7.11 Å². The smallest absolute Gasteiger partial charge is 0.251 e. The first-order chi connectivity index (χ1) is 14.4. The monoisotopic (exact) mass is 409 g/mol. The van der Waals surface area contributed by atoms with Crippen molar-refractivity contribution in [1.29, 1.82) is 0 Å². The maximum Gasteiger partial charge on any atom is 0.251 e. The lowest BCUT2D eigenvalue weighted by Crippen LogP contribution is -2.42. The molecular weight excluding hydrogens is 378 g/mol. The first-order valence-corrected chi connectivity index (χ1v) is 10.4. The van der Waals surface area contributed by atoms with E-state index in [0.29, 0.717) is 12.1 Å². The zero-order valence-corrected chi connectivity index (χ0v) is 18.1. The number of aryl methyl sites for hydroxylation is 2. The highest BCUT2D eigenvalue weighted by atomic mass is 16.5. The van der Waals surface area contributed by atoms with Crippen molar-refractivity contribution in [1.82, 2.24) is 15.1 Å². The number of ether oxygens (including phenoxy) is 1. The lowest BCUT2D eigenvalue weighted by molar-refractivity contribution is -0.130. The molecule has 1 saturated heterocycles. The van der Waals surface area contributed by atoms with Crippen LogP contribution in [0, 0.1) is 13.8 Å². The fourth-order valence-electron chi connectivity index (χ4n) is 3.84. The van der Waals surface area contributed by atoms with Crippen LogP contribution in [0.2, 0.25) is 0 Å². The second-order valence-electron chi connectivity index (χ2n) is 7.92. The van der Waals surface area contributed by atoms with Crippen LogP contribution in [0.25, 0.3) is 0 Å². The summed E-state index contributed by atoms with van der Waals surface area (Å²) in [6.07, 6.45) is 0.924. The Labute approximate surface area is 178 Å². The number of rotatable bonds is 6. The highest BCUT2D eigenvalue weighted by molar-refractivity contribution is 5.96. The van der Waals surface area contributed by atoms with E-state index in [0.717, 1.165) is 49.5 Å². The van der Waals surface area contributed by atoms with E-state index in [-0.39, 0.29) is 18.4 Å². The van der Waals surface area contributed by atoms with Gasteiger partial charge in [0.15, 0.2) is 0 Å². The standard InChI is InChI=1S/C24H31N3O3/c1-18-13-19(2)15-21(14-18)24(29)25-16-23(28)27-10-4-9-26(11-12-27)17-20-5-7-22(30-3)8-6-20/h5-8,13-15H,4,9-12,16-17H2,1-3H3,(H,25,29). The van der Waals surface area contributed by atoms with Crippen molar-refractivity contribution in [2.24, 2.45) is 0 Å². The van der Waals surface area contributed by atoms with Crippen LogP contribution in [0.1, 0.15) is 33.5 Å². The van der Waals surface area contributed by atoms with Crippen molar-refractivity contribution in [3.8, 4) is 5.75 Å². The minimum atomic E-state index is -0.203. The highest BCUT2D eigenvalue weighted by Crippen LogP contribution is 2.14. The Morgan fingerprint density at radius 1 is 0.967 bits per heavy atom. The van der Waals surface area contributed by atoms with Crippen LogP contribution in [0.4, 0.5) is 0 Å². The van der Waals surface area contributed by atoms with Gasteiger partial charge in [-0.15, -0.1) is 0 Å². The van der Waals surface area contributed by atoms with Crippen LogP contribution in [0.3, 0.4) is 0 Å². The fourth-order valence-corrected chi connectivity index (χ4v) is 3.84. The van der Waals surface area contributed by atoms with Gasteiger partial charge in [0, 0.05) is 38.3 Å². The molecule has 1 aliphatic rings. The molecule has 1 aliphatic heterocycles. The Morgan fingerprint density at radius 2 is 1.67 bits per heavy atom. The summed E-state index contributed by atoms with van der Waals surface area (Å²) in [6.45, 7) is 7.98. The van der Waals surface area contributed by atoms with E-state index in [9.17, 15) is 9.59 Å². The van der Waals surface area contributed by atoms with Crippen molar-refractivity contribution in [2.45, 2.75) is 26.8 Å². The molecule has 0 bridgehead atoms. The van der Waals surface area contributed by atoms with Gasteiger partial charge in [-0.05, 0) is 50.1 Å². The second kappa shape index (κ2) is 10.3. The number of carbonyl (C=O) groups excluding carboxylic acids is 2. The summed E-state index contributed by atoms with van der Waals surface area (Å²) >= 11 is 0. The molecule has 2 aromatic rings. The van der Waals surface area contributed by atoms with Gasteiger partial charge in [0.25, 0.3) is 5.91 Å². The maximum absolute atomic E-state index is 12.6. The summed E-state index contributed by atoms with van der Waals surface area (Å²) in [5.74, 6) is 0.624. The van der Waals surface area contributed by atoms with Crippen molar-refractivity contribution in [3.05, 3.63) is 64.7 Å². The highest BCUT2D eigenvalue weighted by Gasteiger charge is 2.20. The van der Waals surface area contributed by atoms with Crippen molar-refractivity contribution < 1.29 is 14.3 Å². The molecule has 3 rings (SSSR count). The van der Waals surface area contributed by atoms with E-state index in [2.05, 4.69) is 22.3 Å².